The van der Waals surface area contributed by atoms with Gasteiger partial charge in [-0.05, 0) is 96.3 Å². The van der Waals surface area contributed by atoms with Crippen molar-refractivity contribution in [1.29, 1.82) is 0 Å². The highest BCUT2D eigenvalue weighted by Gasteiger charge is 2.35. The molecule has 0 unspecified atom stereocenters. The molecule has 0 atom stereocenters. The van der Waals surface area contributed by atoms with Crippen LogP contribution in [0.2, 0.25) is 0 Å². The summed E-state index contributed by atoms with van der Waals surface area (Å²) in [5.41, 5.74) is 0. The van der Waals surface area contributed by atoms with Crippen LogP contribution in [-0.4, -0.2) is 111 Å². The molecule has 0 radical (unpaired) electrons. The Morgan fingerprint density at radius 2 is 0.647 bits per heavy atom. The molecule has 0 aromatic carbocycles. The number of carbonyl (C=O) groups is 3. The largest absolute Gasteiger partial charge is 0.372 e. The minimum absolute atomic E-state index is 0.129. The van der Waals surface area contributed by atoms with E-state index in [2.05, 4.69) is 62.8 Å². The van der Waals surface area contributed by atoms with Crippen LogP contribution in [0.15, 0.2) is 15.0 Å². The zero-order valence-electron chi connectivity index (χ0n) is 30.1. The lowest BCUT2D eigenvalue weighted by atomic mass is 9.85. The van der Waals surface area contributed by atoms with E-state index in [0.717, 1.165) is 134 Å². The Balaban J connectivity index is 0.891. The molecular weight excluding hydrogens is 648 g/mol. The fraction of sp³-hybridized carbons (Fsp3) is 0.833. The minimum atomic E-state index is -0.187. The fourth-order valence-corrected chi connectivity index (χ4v) is 9.51. The number of rotatable bonds is 9. The highest BCUT2D eigenvalue weighted by molar-refractivity contribution is 5.87. The quantitative estimate of drug-likeness (QED) is 0.175. The summed E-state index contributed by atoms with van der Waals surface area (Å²) in [5, 5.41) is 29.5. The summed E-state index contributed by atoms with van der Waals surface area (Å²) in [7, 11) is 0. The van der Waals surface area contributed by atoms with Gasteiger partial charge in [0.05, 0.1) is 37.1 Å². The predicted octanol–water partition coefficient (Wildman–Crippen LogP) is 1.86. The SMILES string of the molecule is O=C(NC1CCC(C2=NCCN2)CC1)NC1CC(NC(=O)NC2CCC(C3=NCCN3)CC2)CC(NC(=O)NC2CCC(C3=NCCN3)CC2)C1. The molecular formula is C36H60N12O3. The first-order valence-corrected chi connectivity index (χ1v) is 20.0. The summed E-state index contributed by atoms with van der Waals surface area (Å²) < 4.78 is 0. The first-order chi connectivity index (χ1) is 24.9. The second-order valence-electron chi connectivity index (χ2n) is 15.9. The zero-order chi connectivity index (χ0) is 35.0. The summed E-state index contributed by atoms with van der Waals surface area (Å²) >= 11 is 0. The Kier molecular flexibility index (Phi) is 12.0. The lowest BCUT2D eigenvalue weighted by Crippen LogP contribution is -2.58. The van der Waals surface area contributed by atoms with Crippen molar-refractivity contribution in [2.45, 2.75) is 133 Å². The Morgan fingerprint density at radius 1 is 0.392 bits per heavy atom. The van der Waals surface area contributed by atoms with E-state index in [1.807, 2.05) is 0 Å². The van der Waals surface area contributed by atoms with E-state index < -0.39 is 0 Å². The van der Waals surface area contributed by atoms with E-state index in [9.17, 15) is 14.4 Å². The average Bonchev–Trinajstić information content (AvgIpc) is 3.94. The molecule has 15 nitrogen and oxygen atoms in total. The van der Waals surface area contributed by atoms with E-state index in [-0.39, 0.29) is 54.3 Å². The molecule has 7 aliphatic rings. The monoisotopic (exact) mass is 708 g/mol. The highest BCUT2D eigenvalue weighted by atomic mass is 16.2. The van der Waals surface area contributed by atoms with Crippen LogP contribution in [0.4, 0.5) is 14.4 Å². The normalized spacial score (nSPS) is 35.1. The van der Waals surface area contributed by atoms with Gasteiger partial charge in [-0.25, -0.2) is 14.4 Å². The third-order valence-electron chi connectivity index (χ3n) is 12.2. The predicted molar refractivity (Wildman–Crippen MR) is 198 cm³/mol. The van der Waals surface area contributed by atoms with Gasteiger partial charge in [0.25, 0.3) is 0 Å². The van der Waals surface area contributed by atoms with Gasteiger partial charge in [-0.2, -0.15) is 0 Å². The molecule has 4 fully saturated rings. The van der Waals surface area contributed by atoms with Crippen molar-refractivity contribution < 1.29 is 14.4 Å². The number of urea groups is 3. The van der Waals surface area contributed by atoms with Gasteiger partial charge in [-0.15, -0.1) is 0 Å². The molecule has 6 amide bonds. The number of nitrogens with one attached hydrogen (secondary N) is 9. The number of nitrogens with zero attached hydrogens (tertiary/aromatic N) is 3. The van der Waals surface area contributed by atoms with Gasteiger partial charge in [0.1, 0.15) is 0 Å². The van der Waals surface area contributed by atoms with E-state index in [0.29, 0.717) is 37.0 Å². The van der Waals surface area contributed by atoms with Gasteiger partial charge in [0.15, 0.2) is 0 Å². The molecule has 4 aliphatic carbocycles. The average molecular weight is 709 g/mol. The van der Waals surface area contributed by atoms with Crippen LogP contribution in [0.3, 0.4) is 0 Å². The Labute approximate surface area is 302 Å². The molecule has 0 aromatic rings. The van der Waals surface area contributed by atoms with Crippen molar-refractivity contribution in [3.8, 4) is 0 Å². The number of amidine groups is 3. The van der Waals surface area contributed by atoms with Crippen molar-refractivity contribution in [3.05, 3.63) is 0 Å². The molecule has 0 saturated heterocycles. The van der Waals surface area contributed by atoms with Gasteiger partial charge in [0, 0.05) is 73.6 Å². The smallest absolute Gasteiger partial charge is 0.315 e. The van der Waals surface area contributed by atoms with Crippen molar-refractivity contribution in [2.75, 3.05) is 39.3 Å². The van der Waals surface area contributed by atoms with Crippen molar-refractivity contribution in [1.82, 2.24) is 47.9 Å². The Morgan fingerprint density at radius 3 is 0.882 bits per heavy atom. The van der Waals surface area contributed by atoms with Crippen LogP contribution in [0.5, 0.6) is 0 Å². The minimum Gasteiger partial charge on any atom is -0.372 e. The molecule has 0 bridgehead atoms. The molecule has 15 heteroatoms. The van der Waals surface area contributed by atoms with Crippen LogP contribution < -0.4 is 47.9 Å². The molecule has 51 heavy (non-hydrogen) atoms. The summed E-state index contributed by atoms with van der Waals surface area (Å²) in [4.78, 5) is 53.6. The summed E-state index contributed by atoms with van der Waals surface area (Å²) in [6.45, 7) is 5.36. The number of carbonyl (C=O) groups excluding carboxylic acids is 3. The molecule has 9 N–H and O–H groups in total. The van der Waals surface area contributed by atoms with Gasteiger partial charge in [-0.3, -0.25) is 15.0 Å². The number of amides is 6. The molecule has 0 aromatic heterocycles. The second kappa shape index (κ2) is 17.2. The van der Waals surface area contributed by atoms with Gasteiger partial charge in [0.2, 0.25) is 0 Å². The van der Waals surface area contributed by atoms with Gasteiger partial charge < -0.3 is 47.9 Å². The van der Waals surface area contributed by atoms with Crippen molar-refractivity contribution in [2.24, 2.45) is 32.7 Å². The highest BCUT2D eigenvalue weighted by Crippen LogP contribution is 2.28. The van der Waals surface area contributed by atoms with Crippen LogP contribution in [-0.2, 0) is 0 Å². The van der Waals surface area contributed by atoms with E-state index in [4.69, 9.17) is 0 Å². The third-order valence-corrected chi connectivity index (χ3v) is 12.2. The third kappa shape index (κ3) is 9.97. The maximum Gasteiger partial charge on any atom is 0.315 e. The molecule has 282 valence electrons. The molecule has 3 heterocycles. The first kappa shape index (κ1) is 35.6. The second-order valence-corrected chi connectivity index (χ2v) is 15.9. The van der Waals surface area contributed by atoms with E-state index in [1.165, 1.54) is 0 Å². The maximum atomic E-state index is 13.3. The van der Waals surface area contributed by atoms with Crippen LogP contribution in [0.25, 0.3) is 0 Å². The number of aliphatic imine (C=N–C) groups is 3. The van der Waals surface area contributed by atoms with Crippen molar-refractivity contribution in [3.63, 3.8) is 0 Å². The molecule has 7 rings (SSSR count). The van der Waals surface area contributed by atoms with Gasteiger partial charge >= 0.3 is 18.1 Å². The maximum absolute atomic E-state index is 13.3. The van der Waals surface area contributed by atoms with Crippen LogP contribution >= 0.6 is 0 Å². The number of hydrogen-bond donors (Lipinski definition) is 9. The number of hydrogen-bond acceptors (Lipinski definition) is 9. The lowest BCUT2D eigenvalue weighted by molar-refractivity contribution is 0.198. The van der Waals surface area contributed by atoms with E-state index >= 15 is 0 Å². The summed E-state index contributed by atoms with van der Waals surface area (Å²) in [6.07, 6.45) is 13.5. The lowest BCUT2D eigenvalue weighted by Gasteiger charge is -2.37. The fourth-order valence-electron chi connectivity index (χ4n) is 9.51. The Bertz CT molecular complexity index is 1150. The topological polar surface area (TPSA) is 197 Å². The Hall–Kier alpha value is -3.78. The van der Waals surface area contributed by atoms with Crippen molar-refractivity contribution >= 4 is 35.6 Å². The first-order valence-electron chi connectivity index (χ1n) is 20.0. The van der Waals surface area contributed by atoms with E-state index in [1.54, 1.807) is 0 Å². The molecule has 4 saturated carbocycles. The van der Waals surface area contributed by atoms with Crippen LogP contribution in [0.1, 0.15) is 96.3 Å². The van der Waals surface area contributed by atoms with Crippen LogP contribution in [0, 0.1) is 17.8 Å². The standard InChI is InChI=1S/C36H60N12O3/c49-34(43-25-7-1-22(2-8-25)31-37-13-14-38-31)46-28-19-29(47-35(50)44-26-9-3-23(4-10-26)32-39-15-16-40-32)21-30(20-28)48-36(51)45-27-11-5-24(6-12-27)33-41-17-18-42-33/h22-30H,1-21H2,(H,37,38)(H,39,40)(H,41,42)(H2,43,46,49)(H2,44,47,50)(H2,45,48,51). The van der Waals surface area contributed by atoms with Gasteiger partial charge in [-0.1, -0.05) is 0 Å². The summed E-state index contributed by atoms with van der Waals surface area (Å²) in [6, 6.07) is -0.703. The molecule has 0 spiro atoms. The molecule has 3 aliphatic heterocycles. The zero-order valence-corrected chi connectivity index (χ0v) is 30.1. The summed E-state index contributed by atoms with van der Waals surface area (Å²) in [5.74, 6) is 4.80.